The summed E-state index contributed by atoms with van der Waals surface area (Å²) in [6, 6.07) is 3.03. The lowest BCUT2D eigenvalue weighted by Crippen LogP contribution is -2.41. The molecule has 0 amide bonds. The van der Waals surface area contributed by atoms with Gasteiger partial charge in [-0.3, -0.25) is 4.79 Å². The highest BCUT2D eigenvalue weighted by Gasteiger charge is 2.43. The first-order valence-electron chi connectivity index (χ1n) is 4.85. The Balaban J connectivity index is 2.38. The summed E-state index contributed by atoms with van der Waals surface area (Å²) >= 11 is 0. The Kier molecular flexibility index (Phi) is 2.40. The molecule has 1 aliphatic rings. The van der Waals surface area contributed by atoms with Gasteiger partial charge in [-0.2, -0.15) is 13.2 Å². The van der Waals surface area contributed by atoms with Crippen LogP contribution in [0.25, 0.3) is 0 Å². The Hall–Kier alpha value is -1.52. The molecule has 0 bridgehead atoms. The minimum absolute atomic E-state index is 0.268. The van der Waals surface area contributed by atoms with E-state index in [1.807, 2.05) is 0 Å². The molecule has 0 aromatic heterocycles. The number of anilines is 1. The number of hydrogen-bond donors (Lipinski definition) is 1. The number of hydrogen-bond acceptors (Lipinski definition) is 2. The summed E-state index contributed by atoms with van der Waals surface area (Å²) in [5, 5.41) is 2.35. The van der Waals surface area contributed by atoms with Gasteiger partial charge in [0.1, 0.15) is 6.04 Å². The van der Waals surface area contributed by atoms with Gasteiger partial charge < -0.3 is 5.32 Å². The number of carbonyl (C=O) groups excluding carboxylic acids is 1. The molecule has 1 unspecified atom stereocenters. The normalized spacial score (nSPS) is 20.2. The van der Waals surface area contributed by atoms with Crippen LogP contribution in [-0.4, -0.2) is 18.0 Å². The number of nitrogens with one attached hydrogen (secondary N) is 1. The molecule has 16 heavy (non-hydrogen) atoms. The second-order valence-corrected chi connectivity index (χ2v) is 3.91. The molecule has 1 atom stereocenters. The average molecular weight is 229 g/mol. The third-order valence-electron chi connectivity index (χ3n) is 2.59. The minimum Gasteiger partial charge on any atom is -0.373 e. The van der Waals surface area contributed by atoms with Crippen LogP contribution in [0.3, 0.4) is 0 Å². The first kappa shape index (κ1) is 11.0. The van der Waals surface area contributed by atoms with Gasteiger partial charge in [-0.15, -0.1) is 0 Å². The fourth-order valence-corrected chi connectivity index (χ4v) is 1.75. The van der Waals surface area contributed by atoms with Crippen molar-refractivity contribution in [3.8, 4) is 0 Å². The lowest BCUT2D eigenvalue weighted by Gasteiger charge is -2.27. The van der Waals surface area contributed by atoms with Gasteiger partial charge in [0.05, 0.1) is 0 Å². The van der Waals surface area contributed by atoms with E-state index in [1.54, 1.807) is 19.1 Å². The summed E-state index contributed by atoms with van der Waals surface area (Å²) in [6.07, 6.45) is -4.92. The summed E-state index contributed by atoms with van der Waals surface area (Å²) in [5.41, 5.74) is 1.48. The maximum absolute atomic E-state index is 12.5. The predicted molar refractivity (Wildman–Crippen MR) is 53.6 cm³/mol. The molecule has 0 aliphatic carbocycles. The average Bonchev–Trinajstić information content (AvgIpc) is 2.17. The summed E-state index contributed by atoms with van der Waals surface area (Å²) in [5.74, 6) is -0.459. The van der Waals surface area contributed by atoms with Gasteiger partial charge in [0.2, 0.25) is 0 Å². The molecule has 0 spiro atoms. The van der Waals surface area contributed by atoms with E-state index in [-0.39, 0.29) is 5.69 Å². The number of halogens is 3. The van der Waals surface area contributed by atoms with Crippen LogP contribution >= 0.6 is 0 Å². The van der Waals surface area contributed by atoms with Gasteiger partial charge in [-0.25, -0.2) is 0 Å². The standard InChI is InChI=1S/C11H10F3NO/c1-6-2-3-8-7(4-6)9(16)5-10(15-8)11(12,13)14/h2-4,10,15H,5H2,1H3. The molecular weight excluding hydrogens is 219 g/mol. The van der Waals surface area contributed by atoms with Crippen LogP contribution in [0.2, 0.25) is 0 Å². The number of rotatable bonds is 0. The van der Waals surface area contributed by atoms with Crippen molar-refractivity contribution < 1.29 is 18.0 Å². The fraction of sp³-hybridized carbons (Fsp3) is 0.364. The van der Waals surface area contributed by atoms with Crippen LogP contribution in [0.5, 0.6) is 0 Å². The molecule has 86 valence electrons. The van der Waals surface area contributed by atoms with Gasteiger partial charge in [0, 0.05) is 17.7 Å². The molecule has 1 heterocycles. The SMILES string of the molecule is Cc1ccc2c(c1)C(=O)CC(C(F)(F)F)N2. The molecule has 2 nitrogen and oxygen atoms in total. The summed E-state index contributed by atoms with van der Waals surface area (Å²) in [7, 11) is 0. The maximum atomic E-state index is 12.5. The van der Waals surface area contributed by atoms with Crippen LogP contribution in [0.15, 0.2) is 18.2 Å². The van der Waals surface area contributed by atoms with E-state index in [0.717, 1.165) is 5.56 Å². The van der Waals surface area contributed by atoms with Crippen LogP contribution in [0.1, 0.15) is 22.3 Å². The molecule has 0 saturated carbocycles. The van der Waals surface area contributed by atoms with Crippen molar-refractivity contribution in [1.29, 1.82) is 0 Å². The Morgan fingerprint density at radius 1 is 1.38 bits per heavy atom. The van der Waals surface area contributed by atoms with Gasteiger partial charge in [-0.1, -0.05) is 11.6 Å². The van der Waals surface area contributed by atoms with E-state index in [9.17, 15) is 18.0 Å². The van der Waals surface area contributed by atoms with E-state index in [1.165, 1.54) is 6.07 Å². The van der Waals surface area contributed by atoms with Crippen LogP contribution in [-0.2, 0) is 0 Å². The molecule has 1 aromatic rings. The van der Waals surface area contributed by atoms with E-state index in [2.05, 4.69) is 5.32 Å². The Morgan fingerprint density at radius 2 is 2.06 bits per heavy atom. The second-order valence-electron chi connectivity index (χ2n) is 3.91. The smallest absolute Gasteiger partial charge is 0.373 e. The Labute approximate surface area is 90.5 Å². The van der Waals surface area contributed by atoms with Gasteiger partial charge in [0.25, 0.3) is 0 Å². The van der Waals surface area contributed by atoms with Crippen molar-refractivity contribution in [1.82, 2.24) is 0 Å². The van der Waals surface area contributed by atoms with Gasteiger partial charge in [0.15, 0.2) is 5.78 Å². The molecule has 5 heteroatoms. The zero-order chi connectivity index (χ0) is 11.9. The quantitative estimate of drug-likeness (QED) is 0.741. The third kappa shape index (κ3) is 1.89. The number of alkyl halides is 3. The number of fused-ring (bicyclic) bond motifs is 1. The summed E-state index contributed by atoms with van der Waals surface area (Å²) < 4.78 is 37.4. The number of aryl methyl sites for hydroxylation is 1. The number of Topliss-reactive ketones (excluding diaryl/α,β-unsaturated/α-hetero) is 1. The molecule has 0 saturated heterocycles. The molecule has 0 fully saturated rings. The Morgan fingerprint density at radius 3 is 2.69 bits per heavy atom. The van der Waals surface area contributed by atoms with Gasteiger partial charge in [-0.05, 0) is 19.1 Å². The summed E-state index contributed by atoms with van der Waals surface area (Å²) in [4.78, 5) is 11.6. The van der Waals surface area contributed by atoms with Crippen molar-refractivity contribution in [3.63, 3.8) is 0 Å². The molecule has 1 aliphatic heterocycles. The first-order chi connectivity index (χ1) is 7.38. The van der Waals surface area contributed by atoms with Crippen molar-refractivity contribution >= 4 is 11.5 Å². The topological polar surface area (TPSA) is 29.1 Å². The molecule has 1 N–H and O–H groups in total. The third-order valence-corrected chi connectivity index (χ3v) is 2.59. The van der Waals surface area contributed by atoms with E-state index < -0.39 is 24.4 Å². The number of carbonyl (C=O) groups is 1. The van der Waals surface area contributed by atoms with E-state index in [4.69, 9.17) is 0 Å². The minimum atomic E-state index is -4.39. The highest BCUT2D eigenvalue weighted by atomic mass is 19.4. The van der Waals surface area contributed by atoms with Gasteiger partial charge >= 0.3 is 6.18 Å². The first-order valence-corrected chi connectivity index (χ1v) is 4.85. The fourth-order valence-electron chi connectivity index (χ4n) is 1.75. The van der Waals surface area contributed by atoms with E-state index >= 15 is 0 Å². The molecular formula is C11H10F3NO. The number of benzene rings is 1. The van der Waals surface area contributed by atoms with Crippen LogP contribution in [0.4, 0.5) is 18.9 Å². The molecule has 2 rings (SSSR count). The van der Waals surface area contributed by atoms with Crippen LogP contribution in [0, 0.1) is 6.92 Å². The zero-order valence-electron chi connectivity index (χ0n) is 8.56. The van der Waals surface area contributed by atoms with Crippen molar-refractivity contribution in [3.05, 3.63) is 29.3 Å². The number of ketones is 1. The van der Waals surface area contributed by atoms with Crippen molar-refractivity contribution in [2.75, 3.05) is 5.32 Å². The zero-order valence-corrected chi connectivity index (χ0v) is 8.56. The summed E-state index contributed by atoms with van der Waals surface area (Å²) in [6.45, 7) is 1.80. The highest BCUT2D eigenvalue weighted by Crippen LogP contribution is 2.33. The van der Waals surface area contributed by atoms with Crippen molar-refractivity contribution in [2.24, 2.45) is 0 Å². The Bertz CT molecular complexity index is 439. The molecule has 1 aromatic carbocycles. The molecule has 0 radical (unpaired) electrons. The lowest BCUT2D eigenvalue weighted by molar-refractivity contribution is -0.142. The second kappa shape index (κ2) is 3.50. The van der Waals surface area contributed by atoms with Crippen molar-refractivity contribution in [2.45, 2.75) is 25.6 Å². The van der Waals surface area contributed by atoms with E-state index in [0.29, 0.717) is 5.56 Å². The largest absolute Gasteiger partial charge is 0.408 e. The maximum Gasteiger partial charge on any atom is 0.408 e. The highest BCUT2D eigenvalue weighted by molar-refractivity contribution is 6.03. The monoisotopic (exact) mass is 229 g/mol. The predicted octanol–water partition coefficient (Wildman–Crippen LogP) is 2.92. The van der Waals surface area contributed by atoms with Crippen LogP contribution < -0.4 is 5.32 Å². The lowest BCUT2D eigenvalue weighted by atomic mass is 9.95.